The normalized spacial score (nSPS) is 19.5. The molecule has 1 aliphatic rings. The zero-order valence-electron chi connectivity index (χ0n) is 11.9. The zero-order valence-corrected chi connectivity index (χ0v) is 11.9. The summed E-state index contributed by atoms with van der Waals surface area (Å²) in [4.78, 5) is 12.0. The summed E-state index contributed by atoms with van der Waals surface area (Å²) in [5, 5.41) is 6.06. The molecule has 2 N–H and O–H groups in total. The molecule has 1 heterocycles. The number of carbonyl (C=O) groups excluding carboxylic acids is 1. The van der Waals surface area contributed by atoms with Crippen molar-refractivity contribution in [3.8, 4) is 5.75 Å². The van der Waals surface area contributed by atoms with Crippen LogP contribution in [0.5, 0.6) is 5.75 Å². The minimum atomic E-state index is -2.88. The van der Waals surface area contributed by atoms with Crippen molar-refractivity contribution in [2.24, 2.45) is 5.92 Å². The zero-order chi connectivity index (χ0) is 15.2. The number of hydrogen-bond donors (Lipinski definition) is 2. The van der Waals surface area contributed by atoms with E-state index in [0.29, 0.717) is 17.9 Å². The highest BCUT2D eigenvalue weighted by atomic mass is 19.3. The van der Waals surface area contributed by atoms with Crippen LogP contribution in [0.2, 0.25) is 0 Å². The average molecular weight is 298 g/mol. The molecule has 6 heteroatoms. The lowest BCUT2D eigenvalue weighted by Gasteiger charge is -2.19. The largest absolute Gasteiger partial charge is 0.434 e. The second-order valence-corrected chi connectivity index (χ2v) is 5.27. The van der Waals surface area contributed by atoms with E-state index < -0.39 is 6.61 Å². The Balaban J connectivity index is 1.95. The molecule has 116 valence electrons. The van der Waals surface area contributed by atoms with Crippen LogP contribution in [0.3, 0.4) is 0 Å². The number of nitrogens with one attached hydrogen (secondary N) is 2. The third-order valence-electron chi connectivity index (χ3n) is 3.62. The van der Waals surface area contributed by atoms with Gasteiger partial charge in [-0.2, -0.15) is 8.78 Å². The fourth-order valence-corrected chi connectivity index (χ4v) is 2.57. The average Bonchev–Trinajstić information content (AvgIpc) is 2.91. The van der Waals surface area contributed by atoms with Gasteiger partial charge in [0.15, 0.2) is 0 Å². The van der Waals surface area contributed by atoms with Crippen molar-refractivity contribution < 1.29 is 18.3 Å². The lowest BCUT2D eigenvalue weighted by Crippen LogP contribution is -2.29. The Morgan fingerprint density at radius 3 is 2.90 bits per heavy atom. The smallest absolute Gasteiger partial charge is 0.387 e. The highest BCUT2D eigenvalue weighted by Crippen LogP contribution is 2.26. The first-order chi connectivity index (χ1) is 10.1. The Morgan fingerprint density at radius 1 is 1.48 bits per heavy atom. The Labute approximate surface area is 122 Å². The van der Waals surface area contributed by atoms with Crippen LogP contribution in [0.25, 0.3) is 0 Å². The van der Waals surface area contributed by atoms with Gasteiger partial charge in [-0.1, -0.05) is 18.2 Å². The second-order valence-electron chi connectivity index (χ2n) is 5.27. The van der Waals surface area contributed by atoms with Crippen LogP contribution >= 0.6 is 0 Å². The van der Waals surface area contributed by atoms with Gasteiger partial charge >= 0.3 is 6.61 Å². The lowest BCUT2D eigenvalue weighted by atomic mass is 10.0. The van der Waals surface area contributed by atoms with Gasteiger partial charge in [-0.15, -0.1) is 0 Å². The summed E-state index contributed by atoms with van der Waals surface area (Å²) in [5.41, 5.74) is 0.552. The molecule has 1 aromatic rings. The first-order valence-corrected chi connectivity index (χ1v) is 7.10. The Kier molecular flexibility index (Phi) is 5.50. The Bertz CT molecular complexity index is 476. The first-order valence-electron chi connectivity index (χ1n) is 7.10. The number of para-hydroxylation sites is 1. The van der Waals surface area contributed by atoms with Gasteiger partial charge in [-0.05, 0) is 38.4 Å². The van der Waals surface area contributed by atoms with Crippen LogP contribution < -0.4 is 15.4 Å². The minimum absolute atomic E-state index is 0.0666. The Hall–Kier alpha value is -1.69. The molecule has 2 atom stereocenters. The van der Waals surface area contributed by atoms with E-state index in [-0.39, 0.29) is 17.7 Å². The van der Waals surface area contributed by atoms with E-state index in [1.807, 2.05) is 0 Å². The van der Waals surface area contributed by atoms with E-state index in [1.54, 1.807) is 25.1 Å². The summed E-state index contributed by atoms with van der Waals surface area (Å²) in [5.74, 6) is 0.385. The van der Waals surface area contributed by atoms with Gasteiger partial charge < -0.3 is 15.4 Å². The maximum absolute atomic E-state index is 12.4. The fourth-order valence-electron chi connectivity index (χ4n) is 2.57. The molecule has 2 rings (SSSR count). The molecule has 1 saturated heterocycles. The molecule has 0 aromatic heterocycles. The predicted molar refractivity (Wildman–Crippen MR) is 75.2 cm³/mol. The molecule has 21 heavy (non-hydrogen) atoms. The SMILES string of the molecule is CC(NC(=O)CC1CCNC1)c1ccccc1OC(F)F. The van der Waals surface area contributed by atoms with Crippen molar-refractivity contribution in [1.29, 1.82) is 0 Å². The van der Waals surface area contributed by atoms with Gasteiger partial charge in [-0.3, -0.25) is 4.79 Å². The van der Waals surface area contributed by atoms with Crippen molar-refractivity contribution in [1.82, 2.24) is 10.6 Å². The summed E-state index contributed by atoms with van der Waals surface area (Å²) < 4.78 is 29.2. The summed E-state index contributed by atoms with van der Waals surface area (Å²) >= 11 is 0. The van der Waals surface area contributed by atoms with Crippen molar-refractivity contribution in [3.05, 3.63) is 29.8 Å². The van der Waals surface area contributed by atoms with Crippen LogP contribution in [0.1, 0.15) is 31.4 Å². The molecule has 0 aliphatic carbocycles. The van der Waals surface area contributed by atoms with Gasteiger partial charge in [0.2, 0.25) is 5.91 Å². The fraction of sp³-hybridized carbons (Fsp3) is 0.533. The van der Waals surface area contributed by atoms with E-state index in [9.17, 15) is 13.6 Å². The van der Waals surface area contributed by atoms with Crippen molar-refractivity contribution >= 4 is 5.91 Å². The van der Waals surface area contributed by atoms with Crippen molar-refractivity contribution in [2.45, 2.75) is 32.4 Å². The number of ether oxygens (including phenoxy) is 1. The van der Waals surface area contributed by atoms with Gasteiger partial charge in [0.25, 0.3) is 0 Å². The number of benzene rings is 1. The number of alkyl halides is 2. The van der Waals surface area contributed by atoms with E-state index in [0.717, 1.165) is 19.5 Å². The maximum Gasteiger partial charge on any atom is 0.387 e. The molecule has 1 fully saturated rings. The van der Waals surface area contributed by atoms with E-state index in [2.05, 4.69) is 15.4 Å². The summed E-state index contributed by atoms with van der Waals surface area (Å²) in [6.45, 7) is 0.683. The predicted octanol–water partition coefficient (Wildman–Crippen LogP) is 2.46. The van der Waals surface area contributed by atoms with Gasteiger partial charge in [0.1, 0.15) is 5.75 Å². The van der Waals surface area contributed by atoms with Gasteiger partial charge in [0, 0.05) is 12.0 Å². The molecule has 0 saturated carbocycles. The quantitative estimate of drug-likeness (QED) is 0.848. The van der Waals surface area contributed by atoms with Gasteiger partial charge in [-0.25, -0.2) is 0 Å². The first kappa shape index (κ1) is 15.7. The topological polar surface area (TPSA) is 50.4 Å². The van der Waals surface area contributed by atoms with E-state index in [4.69, 9.17) is 0 Å². The van der Waals surface area contributed by atoms with Crippen LogP contribution in [-0.4, -0.2) is 25.6 Å². The molecule has 0 spiro atoms. The van der Waals surface area contributed by atoms with Crippen LogP contribution in [0.4, 0.5) is 8.78 Å². The Morgan fingerprint density at radius 2 is 2.24 bits per heavy atom. The van der Waals surface area contributed by atoms with Crippen LogP contribution in [0.15, 0.2) is 24.3 Å². The molecular weight excluding hydrogens is 278 g/mol. The number of halogens is 2. The molecule has 1 aliphatic heterocycles. The molecule has 1 amide bonds. The number of carbonyl (C=O) groups is 1. The van der Waals surface area contributed by atoms with Gasteiger partial charge in [0.05, 0.1) is 6.04 Å². The van der Waals surface area contributed by atoms with Crippen molar-refractivity contribution in [3.63, 3.8) is 0 Å². The number of rotatable bonds is 6. The third-order valence-corrected chi connectivity index (χ3v) is 3.62. The van der Waals surface area contributed by atoms with Crippen LogP contribution in [-0.2, 0) is 4.79 Å². The highest BCUT2D eigenvalue weighted by molar-refractivity contribution is 5.76. The van der Waals surface area contributed by atoms with E-state index >= 15 is 0 Å². The summed E-state index contributed by atoms with van der Waals surface area (Å²) in [6.07, 6.45) is 1.45. The van der Waals surface area contributed by atoms with Crippen LogP contribution in [0, 0.1) is 5.92 Å². The maximum atomic E-state index is 12.4. The number of hydrogen-bond acceptors (Lipinski definition) is 3. The summed E-state index contributed by atoms with van der Waals surface area (Å²) in [6, 6.07) is 6.14. The van der Waals surface area contributed by atoms with E-state index in [1.165, 1.54) is 6.07 Å². The second kappa shape index (κ2) is 7.36. The lowest BCUT2D eigenvalue weighted by molar-refractivity contribution is -0.122. The molecule has 1 aromatic carbocycles. The highest BCUT2D eigenvalue weighted by Gasteiger charge is 2.20. The molecule has 4 nitrogen and oxygen atoms in total. The molecular formula is C15H20F2N2O2. The molecule has 0 bridgehead atoms. The standard InChI is InChI=1S/C15H20F2N2O2/c1-10(19-14(20)8-11-6-7-18-9-11)12-4-2-3-5-13(12)21-15(16)17/h2-5,10-11,15,18H,6-9H2,1H3,(H,19,20). The molecule has 0 radical (unpaired) electrons. The molecule has 2 unspecified atom stereocenters. The summed E-state index contributed by atoms with van der Waals surface area (Å²) in [7, 11) is 0. The number of amides is 1. The monoisotopic (exact) mass is 298 g/mol. The van der Waals surface area contributed by atoms with Crippen molar-refractivity contribution in [2.75, 3.05) is 13.1 Å². The third kappa shape index (κ3) is 4.67. The minimum Gasteiger partial charge on any atom is -0.434 e.